The molecule has 0 N–H and O–H groups in total. The van der Waals surface area contributed by atoms with E-state index >= 15 is 0 Å². The second kappa shape index (κ2) is 9.80. The van der Waals surface area contributed by atoms with Crippen LogP contribution in [0.25, 0.3) is 0 Å². The van der Waals surface area contributed by atoms with E-state index in [-0.39, 0.29) is 0 Å². The average molecular weight is 236 g/mol. The fraction of sp³-hybridized carbons (Fsp3) is 0.533. The molecule has 0 bridgehead atoms. The smallest absolute Gasteiger partial charge is 0.168 e. The summed E-state index contributed by atoms with van der Waals surface area (Å²) in [7, 11) is 1.61. The van der Waals surface area contributed by atoms with Crippen LogP contribution in [-0.4, -0.2) is 13.7 Å². The second-order valence-corrected chi connectivity index (χ2v) is 3.98. The van der Waals surface area contributed by atoms with Gasteiger partial charge in [0.15, 0.2) is 11.5 Å². The standard InChI is InChI=1S/C15H24O2/c1-6-8-9-12-17-15(11-10-13(3)4)14(7-2)16-5/h7,11H,2,6,8-9,12H2,1,3-5H3/b15-14-. The van der Waals surface area contributed by atoms with Crippen molar-refractivity contribution < 1.29 is 9.47 Å². The summed E-state index contributed by atoms with van der Waals surface area (Å²) in [5.41, 5.74) is 4.21. The first-order valence-corrected chi connectivity index (χ1v) is 6.09. The van der Waals surface area contributed by atoms with Gasteiger partial charge in [-0.3, -0.25) is 0 Å². The molecule has 0 spiro atoms. The molecule has 0 aromatic heterocycles. The minimum absolute atomic E-state index is 0.648. The Kier molecular flexibility index (Phi) is 8.99. The lowest BCUT2D eigenvalue weighted by molar-refractivity contribution is 0.189. The maximum atomic E-state index is 5.69. The van der Waals surface area contributed by atoms with Crippen LogP contribution in [0.2, 0.25) is 0 Å². The van der Waals surface area contributed by atoms with E-state index in [1.165, 1.54) is 12.8 Å². The highest BCUT2D eigenvalue weighted by Crippen LogP contribution is 2.11. The summed E-state index contributed by atoms with van der Waals surface area (Å²) in [4.78, 5) is 0. The van der Waals surface area contributed by atoms with E-state index < -0.39 is 0 Å². The van der Waals surface area contributed by atoms with Crippen LogP contribution in [0.3, 0.4) is 0 Å². The van der Waals surface area contributed by atoms with E-state index in [1.807, 2.05) is 19.9 Å². The van der Waals surface area contributed by atoms with Crippen LogP contribution in [0.4, 0.5) is 0 Å². The zero-order valence-corrected chi connectivity index (χ0v) is 11.5. The number of allylic oxidation sites excluding steroid dienone is 2. The summed E-state index contributed by atoms with van der Waals surface area (Å²) in [6.45, 7) is 10.6. The summed E-state index contributed by atoms with van der Waals surface area (Å²) >= 11 is 0. The summed E-state index contributed by atoms with van der Waals surface area (Å²) in [5, 5.41) is 0. The van der Waals surface area contributed by atoms with Crippen molar-refractivity contribution in [1.82, 2.24) is 0 Å². The van der Waals surface area contributed by atoms with Gasteiger partial charge in [0.25, 0.3) is 0 Å². The van der Waals surface area contributed by atoms with Crippen molar-refractivity contribution in [1.29, 1.82) is 0 Å². The van der Waals surface area contributed by atoms with Gasteiger partial charge in [0.05, 0.1) is 13.7 Å². The van der Waals surface area contributed by atoms with Crippen molar-refractivity contribution in [3.63, 3.8) is 0 Å². The molecule has 0 radical (unpaired) electrons. The van der Waals surface area contributed by atoms with Gasteiger partial charge in [-0.25, -0.2) is 0 Å². The van der Waals surface area contributed by atoms with E-state index in [9.17, 15) is 0 Å². The van der Waals surface area contributed by atoms with Crippen LogP contribution in [-0.2, 0) is 9.47 Å². The van der Waals surface area contributed by atoms with Crippen molar-refractivity contribution in [3.05, 3.63) is 41.6 Å². The molecule has 17 heavy (non-hydrogen) atoms. The number of hydrogen-bond acceptors (Lipinski definition) is 2. The first-order chi connectivity index (χ1) is 8.15. The molecule has 0 amide bonds. The zero-order valence-electron chi connectivity index (χ0n) is 11.5. The normalized spacial score (nSPS) is 11.1. The minimum Gasteiger partial charge on any atom is -0.493 e. The van der Waals surface area contributed by atoms with Gasteiger partial charge in [0.1, 0.15) is 0 Å². The molecule has 0 heterocycles. The Labute approximate surface area is 105 Å². The van der Waals surface area contributed by atoms with Crippen LogP contribution < -0.4 is 0 Å². The maximum absolute atomic E-state index is 5.69. The predicted molar refractivity (Wildman–Crippen MR) is 72.7 cm³/mol. The predicted octanol–water partition coefficient (Wildman–Crippen LogP) is 4.36. The highest BCUT2D eigenvalue weighted by molar-refractivity contribution is 5.23. The lowest BCUT2D eigenvalue weighted by atomic mass is 10.2. The third kappa shape index (κ3) is 7.48. The molecule has 0 aliphatic heterocycles. The average Bonchev–Trinajstić information content (AvgIpc) is 2.31. The van der Waals surface area contributed by atoms with Crippen molar-refractivity contribution >= 4 is 0 Å². The first-order valence-electron chi connectivity index (χ1n) is 6.09. The monoisotopic (exact) mass is 236 g/mol. The van der Waals surface area contributed by atoms with Crippen molar-refractivity contribution in [2.75, 3.05) is 13.7 Å². The van der Waals surface area contributed by atoms with Crippen molar-refractivity contribution in [2.45, 2.75) is 40.0 Å². The SMILES string of the molecule is C=C/C(OC)=C(\C=C=C(C)C)OCCCCC. The van der Waals surface area contributed by atoms with Gasteiger partial charge < -0.3 is 9.47 Å². The Bertz CT molecular complexity index is 314. The summed E-state index contributed by atoms with van der Waals surface area (Å²) in [6.07, 6.45) is 6.87. The minimum atomic E-state index is 0.648. The number of methoxy groups -OCH3 is 1. The molecule has 0 aliphatic rings. The highest BCUT2D eigenvalue weighted by atomic mass is 16.5. The van der Waals surface area contributed by atoms with Crippen molar-refractivity contribution in [3.8, 4) is 0 Å². The molecule has 0 rings (SSSR count). The molecule has 0 aromatic carbocycles. The third-order valence-electron chi connectivity index (χ3n) is 2.15. The zero-order chi connectivity index (χ0) is 13.1. The molecule has 0 fully saturated rings. The van der Waals surface area contributed by atoms with E-state index in [4.69, 9.17) is 9.47 Å². The largest absolute Gasteiger partial charge is 0.493 e. The molecular weight excluding hydrogens is 212 g/mol. The fourth-order valence-corrected chi connectivity index (χ4v) is 1.21. The molecule has 0 aliphatic carbocycles. The number of rotatable bonds is 8. The molecule has 2 nitrogen and oxygen atoms in total. The molecule has 0 aromatic rings. The van der Waals surface area contributed by atoms with Gasteiger partial charge in [-0.05, 0) is 31.9 Å². The van der Waals surface area contributed by atoms with E-state index in [2.05, 4.69) is 19.2 Å². The Morgan fingerprint density at radius 3 is 2.41 bits per heavy atom. The molecule has 0 unspecified atom stereocenters. The molecule has 96 valence electrons. The number of unbranched alkanes of at least 4 members (excludes halogenated alkanes) is 2. The quantitative estimate of drug-likeness (QED) is 0.270. The molecule has 0 saturated heterocycles. The van der Waals surface area contributed by atoms with E-state index in [0.29, 0.717) is 18.1 Å². The second-order valence-electron chi connectivity index (χ2n) is 3.98. The summed E-state index contributed by atoms with van der Waals surface area (Å²) in [5.74, 6) is 1.34. The van der Waals surface area contributed by atoms with Crippen LogP contribution in [0.5, 0.6) is 0 Å². The van der Waals surface area contributed by atoms with Gasteiger partial charge in [0.2, 0.25) is 0 Å². The third-order valence-corrected chi connectivity index (χ3v) is 2.15. The number of ether oxygens (including phenoxy) is 2. The molecule has 2 heteroatoms. The van der Waals surface area contributed by atoms with E-state index in [1.54, 1.807) is 13.2 Å². The van der Waals surface area contributed by atoms with Gasteiger partial charge in [-0.2, -0.15) is 0 Å². The lowest BCUT2D eigenvalue weighted by Crippen LogP contribution is -1.98. The molecule has 0 atom stereocenters. The summed E-state index contributed by atoms with van der Waals surface area (Å²) in [6, 6.07) is 0. The maximum Gasteiger partial charge on any atom is 0.168 e. The van der Waals surface area contributed by atoms with E-state index in [0.717, 1.165) is 12.0 Å². The van der Waals surface area contributed by atoms with Crippen LogP contribution in [0.1, 0.15) is 40.0 Å². The van der Waals surface area contributed by atoms with Crippen LogP contribution >= 0.6 is 0 Å². The van der Waals surface area contributed by atoms with Crippen LogP contribution in [0, 0.1) is 0 Å². The van der Waals surface area contributed by atoms with Gasteiger partial charge >= 0.3 is 0 Å². The van der Waals surface area contributed by atoms with Crippen LogP contribution in [0.15, 0.2) is 41.6 Å². The fourth-order valence-electron chi connectivity index (χ4n) is 1.21. The Morgan fingerprint density at radius 2 is 1.94 bits per heavy atom. The molecular formula is C15H24O2. The topological polar surface area (TPSA) is 18.5 Å². The summed E-state index contributed by atoms with van der Waals surface area (Å²) < 4.78 is 10.9. The Morgan fingerprint density at radius 1 is 1.24 bits per heavy atom. The van der Waals surface area contributed by atoms with Gasteiger partial charge in [-0.1, -0.05) is 26.3 Å². The van der Waals surface area contributed by atoms with Gasteiger partial charge in [0, 0.05) is 6.08 Å². The van der Waals surface area contributed by atoms with Gasteiger partial charge in [-0.15, -0.1) is 5.73 Å². The van der Waals surface area contributed by atoms with Crippen molar-refractivity contribution in [2.24, 2.45) is 0 Å². The Balaban J connectivity index is 4.69. The first kappa shape index (κ1) is 15.6. The Hall–Kier alpha value is -1.40. The highest BCUT2D eigenvalue weighted by Gasteiger charge is 2.02. The lowest BCUT2D eigenvalue weighted by Gasteiger charge is -2.09. The molecule has 0 saturated carbocycles. The number of hydrogen-bond donors (Lipinski definition) is 0.